The molecule has 0 saturated carbocycles. The van der Waals surface area contributed by atoms with Crippen molar-refractivity contribution in [3.05, 3.63) is 29.3 Å². The van der Waals surface area contributed by atoms with Crippen LogP contribution < -0.4 is 10.1 Å². The van der Waals surface area contributed by atoms with Gasteiger partial charge in [0.05, 0.1) is 6.10 Å². The number of benzene rings is 1. The third-order valence-electron chi connectivity index (χ3n) is 3.06. The maximum absolute atomic E-state index is 5.62. The number of nitrogens with one attached hydrogen (secondary N) is 1. The monoisotopic (exact) mass is 286 g/mol. The lowest BCUT2D eigenvalue weighted by Gasteiger charge is -2.11. The molecule has 5 nitrogen and oxygen atoms in total. The molecule has 0 bridgehead atoms. The molecule has 1 heterocycles. The zero-order chi connectivity index (χ0) is 15.4. The summed E-state index contributed by atoms with van der Waals surface area (Å²) in [6.07, 6.45) is 0.0227. The smallest absolute Gasteiger partial charge is 0.322 e. The Morgan fingerprint density at radius 2 is 1.86 bits per heavy atom. The van der Waals surface area contributed by atoms with Crippen molar-refractivity contribution in [1.29, 1.82) is 0 Å². The number of aromatic nitrogens is 3. The van der Waals surface area contributed by atoms with Crippen molar-refractivity contribution in [3.8, 4) is 17.4 Å². The fourth-order valence-electron chi connectivity index (χ4n) is 1.87. The summed E-state index contributed by atoms with van der Waals surface area (Å²) in [6, 6.07) is 6.53. The van der Waals surface area contributed by atoms with E-state index in [9.17, 15) is 0 Å². The van der Waals surface area contributed by atoms with Crippen LogP contribution in [-0.2, 0) is 0 Å². The van der Waals surface area contributed by atoms with Gasteiger partial charge in [-0.2, -0.15) is 15.0 Å². The number of hydrogen-bond acceptors (Lipinski definition) is 5. The molecular formula is C16H22N4O. The second kappa shape index (κ2) is 6.52. The molecule has 2 rings (SSSR count). The molecule has 21 heavy (non-hydrogen) atoms. The Kier molecular flexibility index (Phi) is 4.73. The van der Waals surface area contributed by atoms with E-state index in [1.165, 1.54) is 11.1 Å². The van der Waals surface area contributed by atoms with Gasteiger partial charge in [0.25, 0.3) is 0 Å². The zero-order valence-corrected chi connectivity index (χ0v) is 13.3. The molecule has 0 fully saturated rings. The lowest BCUT2D eigenvalue weighted by Crippen LogP contribution is -2.12. The minimum Gasteiger partial charge on any atom is -0.461 e. The first-order valence-corrected chi connectivity index (χ1v) is 7.23. The number of anilines is 1. The Balaban J connectivity index is 2.45. The average molecular weight is 286 g/mol. The van der Waals surface area contributed by atoms with Crippen LogP contribution in [0.25, 0.3) is 11.4 Å². The van der Waals surface area contributed by atoms with E-state index in [1.807, 2.05) is 26.8 Å². The van der Waals surface area contributed by atoms with Gasteiger partial charge < -0.3 is 10.1 Å². The second-order valence-corrected chi connectivity index (χ2v) is 5.26. The molecule has 0 unspecified atom stereocenters. The minimum absolute atomic E-state index is 0.0227. The summed E-state index contributed by atoms with van der Waals surface area (Å²) in [4.78, 5) is 13.1. The molecule has 0 aliphatic carbocycles. The number of ether oxygens (including phenoxy) is 1. The first-order valence-electron chi connectivity index (χ1n) is 7.23. The van der Waals surface area contributed by atoms with Gasteiger partial charge in [-0.15, -0.1) is 0 Å². The van der Waals surface area contributed by atoms with Gasteiger partial charge in [0.2, 0.25) is 5.95 Å². The lowest BCUT2D eigenvalue weighted by atomic mass is 10.1. The molecular weight excluding hydrogens is 264 g/mol. The quantitative estimate of drug-likeness (QED) is 0.913. The predicted octanol–water partition coefficient (Wildman–Crippen LogP) is 3.37. The summed E-state index contributed by atoms with van der Waals surface area (Å²) < 4.78 is 5.62. The van der Waals surface area contributed by atoms with Crippen LogP contribution >= 0.6 is 0 Å². The zero-order valence-electron chi connectivity index (χ0n) is 13.3. The van der Waals surface area contributed by atoms with Gasteiger partial charge in [-0.25, -0.2) is 0 Å². The van der Waals surface area contributed by atoms with Crippen molar-refractivity contribution in [2.45, 2.75) is 40.7 Å². The topological polar surface area (TPSA) is 59.9 Å². The largest absolute Gasteiger partial charge is 0.461 e. The number of hydrogen-bond donors (Lipinski definition) is 1. The van der Waals surface area contributed by atoms with Crippen molar-refractivity contribution >= 4 is 5.95 Å². The predicted molar refractivity (Wildman–Crippen MR) is 84.7 cm³/mol. The Hall–Kier alpha value is -2.17. The van der Waals surface area contributed by atoms with Crippen molar-refractivity contribution in [3.63, 3.8) is 0 Å². The molecule has 0 atom stereocenters. The molecule has 0 aliphatic heterocycles. The first-order chi connectivity index (χ1) is 9.99. The summed E-state index contributed by atoms with van der Waals surface area (Å²) >= 11 is 0. The van der Waals surface area contributed by atoms with Crippen molar-refractivity contribution < 1.29 is 4.74 Å². The Morgan fingerprint density at radius 1 is 1.10 bits per heavy atom. The molecule has 112 valence electrons. The van der Waals surface area contributed by atoms with Crippen LogP contribution in [0.3, 0.4) is 0 Å². The van der Waals surface area contributed by atoms with Crippen LogP contribution in [0, 0.1) is 13.8 Å². The van der Waals surface area contributed by atoms with Gasteiger partial charge in [0.1, 0.15) is 0 Å². The van der Waals surface area contributed by atoms with Gasteiger partial charge >= 0.3 is 6.01 Å². The van der Waals surface area contributed by atoms with Crippen LogP contribution in [0.2, 0.25) is 0 Å². The highest BCUT2D eigenvalue weighted by molar-refractivity contribution is 5.58. The van der Waals surface area contributed by atoms with E-state index in [0.29, 0.717) is 17.8 Å². The minimum atomic E-state index is 0.0227. The van der Waals surface area contributed by atoms with Crippen LogP contribution in [0.5, 0.6) is 6.01 Å². The highest BCUT2D eigenvalue weighted by atomic mass is 16.5. The Bertz CT molecular complexity index is 626. The third-order valence-corrected chi connectivity index (χ3v) is 3.06. The molecule has 0 radical (unpaired) electrons. The fraction of sp³-hybridized carbons (Fsp3) is 0.438. The summed E-state index contributed by atoms with van der Waals surface area (Å²) in [5.41, 5.74) is 3.43. The van der Waals surface area contributed by atoms with E-state index in [-0.39, 0.29) is 6.10 Å². The maximum Gasteiger partial charge on any atom is 0.322 e. The normalized spacial score (nSPS) is 10.8. The summed E-state index contributed by atoms with van der Waals surface area (Å²) in [6.45, 7) is 10.8. The van der Waals surface area contributed by atoms with Crippen LogP contribution in [0.1, 0.15) is 31.9 Å². The standard InChI is InChI=1S/C16H22N4O/c1-6-17-15-18-14(19-16(20-15)21-10(2)3)13-8-7-11(4)12(5)9-13/h7-10H,6H2,1-5H3,(H,17,18,19,20). The third kappa shape index (κ3) is 3.90. The first kappa shape index (κ1) is 15.2. The number of aryl methyl sites for hydroxylation is 2. The molecule has 0 amide bonds. The van der Waals surface area contributed by atoms with E-state index in [1.54, 1.807) is 0 Å². The van der Waals surface area contributed by atoms with E-state index in [2.05, 4.69) is 46.2 Å². The number of nitrogens with zero attached hydrogens (tertiary/aromatic N) is 3. The lowest BCUT2D eigenvalue weighted by molar-refractivity contribution is 0.222. The van der Waals surface area contributed by atoms with Crippen LogP contribution in [-0.4, -0.2) is 27.6 Å². The van der Waals surface area contributed by atoms with Gasteiger partial charge in [0.15, 0.2) is 5.82 Å². The van der Waals surface area contributed by atoms with E-state index < -0.39 is 0 Å². The molecule has 0 spiro atoms. The highest BCUT2D eigenvalue weighted by Crippen LogP contribution is 2.21. The highest BCUT2D eigenvalue weighted by Gasteiger charge is 2.11. The summed E-state index contributed by atoms with van der Waals surface area (Å²) in [5, 5.41) is 3.12. The van der Waals surface area contributed by atoms with Gasteiger partial charge in [-0.3, -0.25) is 0 Å². The molecule has 1 aromatic heterocycles. The molecule has 1 aromatic carbocycles. The van der Waals surface area contributed by atoms with Gasteiger partial charge in [0, 0.05) is 12.1 Å². The Labute approximate surface area is 125 Å². The van der Waals surface area contributed by atoms with Crippen molar-refractivity contribution in [2.75, 3.05) is 11.9 Å². The van der Waals surface area contributed by atoms with Crippen LogP contribution in [0.4, 0.5) is 5.95 Å². The van der Waals surface area contributed by atoms with Gasteiger partial charge in [-0.1, -0.05) is 12.1 Å². The molecule has 5 heteroatoms. The number of rotatable bonds is 5. The van der Waals surface area contributed by atoms with Crippen molar-refractivity contribution in [1.82, 2.24) is 15.0 Å². The molecule has 0 aliphatic rings. The SMILES string of the molecule is CCNc1nc(OC(C)C)nc(-c2ccc(C)c(C)c2)n1. The van der Waals surface area contributed by atoms with E-state index in [0.717, 1.165) is 12.1 Å². The average Bonchev–Trinajstić information content (AvgIpc) is 2.41. The summed E-state index contributed by atoms with van der Waals surface area (Å²) in [7, 11) is 0. The molecule has 2 aromatic rings. The second-order valence-electron chi connectivity index (χ2n) is 5.26. The molecule has 0 saturated heterocycles. The van der Waals surface area contributed by atoms with E-state index in [4.69, 9.17) is 4.74 Å². The van der Waals surface area contributed by atoms with Crippen LogP contribution in [0.15, 0.2) is 18.2 Å². The Morgan fingerprint density at radius 3 is 2.48 bits per heavy atom. The van der Waals surface area contributed by atoms with Crippen molar-refractivity contribution in [2.24, 2.45) is 0 Å². The summed E-state index contributed by atoms with van der Waals surface area (Å²) in [5.74, 6) is 1.16. The maximum atomic E-state index is 5.62. The fourth-order valence-corrected chi connectivity index (χ4v) is 1.87. The van der Waals surface area contributed by atoms with E-state index >= 15 is 0 Å². The molecule has 1 N–H and O–H groups in total. The van der Waals surface area contributed by atoms with Gasteiger partial charge in [-0.05, 0) is 51.8 Å².